The Bertz CT molecular complexity index is 1050. The first-order valence-electron chi connectivity index (χ1n) is 7.56. The number of benzene rings is 1. The van der Waals surface area contributed by atoms with E-state index >= 15 is 0 Å². The van der Waals surface area contributed by atoms with Crippen LogP contribution >= 0.6 is 0 Å². The maximum atomic E-state index is 12.1. The summed E-state index contributed by atoms with van der Waals surface area (Å²) in [6, 6.07) is 11.4. The van der Waals surface area contributed by atoms with Crippen LogP contribution in [0.5, 0.6) is 0 Å². The molecule has 8 heteroatoms. The predicted octanol–water partition coefficient (Wildman–Crippen LogP) is 0.753. The van der Waals surface area contributed by atoms with E-state index < -0.39 is 11.2 Å². The molecule has 2 heterocycles. The summed E-state index contributed by atoms with van der Waals surface area (Å²) in [4.78, 5) is 24.1. The summed E-state index contributed by atoms with van der Waals surface area (Å²) in [7, 11) is 2.87. The summed E-state index contributed by atoms with van der Waals surface area (Å²) in [6.07, 6.45) is 3.55. The summed E-state index contributed by atoms with van der Waals surface area (Å²) >= 11 is 0. The molecule has 0 aliphatic carbocycles. The Morgan fingerprint density at radius 1 is 1.16 bits per heavy atom. The Hall–Kier alpha value is -3.60. The maximum Gasteiger partial charge on any atom is 0.332 e. The molecule has 0 unspecified atom stereocenters. The van der Waals surface area contributed by atoms with E-state index in [-0.39, 0.29) is 11.4 Å². The maximum absolute atomic E-state index is 12.1. The third-order valence-corrected chi connectivity index (χ3v) is 3.94. The molecule has 126 valence electrons. The number of hydrogen-bond acceptors (Lipinski definition) is 5. The van der Waals surface area contributed by atoms with Crippen LogP contribution in [0.15, 0.2) is 52.3 Å². The van der Waals surface area contributed by atoms with Gasteiger partial charge in [0.05, 0.1) is 5.69 Å². The molecular weight excluding hydrogens is 320 g/mol. The van der Waals surface area contributed by atoms with E-state index in [0.29, 0.717) is 6.54 Å². The van der Waals surface area contributed by atoms with Crippen molar-refractivity contribution in [3.05, 3.63) is 74.7 Å². The van der Waals surface area contributed by atoms with Crippen LogP contribution in [-0.2, 0) is 20.6 Å². The molecule has 0 amide bonds. The largest absolute Gasteiger partial charge is 0.366 e. The van der Waals surface area contributed by atoms with E-state index in [9.17, 15) is 14.9 Å². The van der Waals surface area contributed by atoms with E-state index in [1.165, 1.54) is 18.7 Å². The van der Waals surface area contributed by atoms with Crippen molar-refractivity contribution in [3.8, 4) is 11.8 Å². The molecular formula is C17H16N6O2. The van der Waals surface area contributed by atoms with Crippen molar-refractivity contribution < 1.29 is 0 Å². The zero-order valence-corrected chi connectivity index (χ0v) is 13.8. The molecule has 25 heavy (non-hydrogen) atoms. The Morgan fingerprint density at radius 3 is 2.48 bits per heavy atom. The zero-order chi connectivity index (χ0) is 18.0. The average molecular weight is 336 g/mol. The Balaban J connectivity index is 1.86. The van der Waals surface area contributed by atoms with Crippen LogP contribution in [0, 0.1) is 11.3 Å². The fourth-order valence-corrected chi connectivity index (χ4v) is 2.53. The summed E-state index contributed by atoms with van der Waals surface area (Å²) in [6.45, 7) is 0.370. The summed E-state index contributed by atoms with van der Waals surface area (Å²) in [5.41, 5.74) is 0.681. The lowest BCUT2D eigenvalue weighted by molar-refractivity contribution is 0.685. The first-order valence-corrected chi connectivity index (χ1v) is 7.56. The van der Waals surface area contributed by atoms with Gasteiger partial charge in [0, 0.05) is 33.0 Å². The molecule has 3 aromatic rings. The van der Waals surface area contributed by atoms with Gasteiger partial charge in [-0.1, -0.05) is 12.1 Å². The van der Waals surface area contributed by atoms with Crippen LogP contribution in [0.1, 0.15) is 11.1 Å². The molecule has 0 saturated carbocycles. The Labute approximate surface area is 143 Å². The van der Waals surface area contributed by atoms with Crippen LogP contribution in [0.4, 0.5) is 5.82 Å². The third kappa shape index (κ3) is 2.95. The monoisotopic (exact) mass is 336 g/mol. The summed E-state index contributed by atoms with van der Waals surface area (Å²) in [5, 5.41) is 16.4. The lowest BCUT2D eigenvalue weighted by Gasteiger charge is -2.14. The highest BCUT2D eigenvalue weighted by molar-refractivity contribution is 5.51. The standard InChI is InChI=1S/C17H16N6O2/c1-21-15(14(10-18)16(24)22(2)17(21)25)19-11-12-4-6-13(7-5-12)23-9-3-8-20-23/h3-9,19H,11H2,1-2H3. The molecule has 1 N–H and O–H groups in total. The van der Waals surface area contributed by atoms with Gasteiger partial charge in [0.25, 0.3) is 5.56 Å². The van der Waals surface area contributed by atoms with Crippen molar-refractivity contribution in [1.29, 1.82) is 5.26 Å². The smallest absolute Gasteiger partial charge is 0.332 e. The van der Waals surface area contributed by atoms with Gasteiger partial charge in [-0.05, 0) is 23.8 Å². The number of rotatable bonds is 4. The van der Waals surface area contributed by atoms with E-state index in [0.717, 1.165) is 15.8 Å². The van der Waals surface area contributed by atoms with E-state index in [2.05, 4.69) is 10.4 Å². The normalized spacial score (nSPS) is 10.4. The topological polar surface area (TPSA) is 97.6 Å². The minimum atomic E-state index is -0.609. The van der Waals surface area contributed by atoms with Crippen molar-refractivity contribution in [2.45, 2.75) is 6.54 Å². The van der Waals surface area contributed by atoms with E-state index in [1.54, 1.807) is 10.9 Å². The van der Waals surface area contributed by atoms with Gasteiger partial charge >= 0.3 is 5.69 Å². The predicted molar refractivity (Wildman–Crippen MR) is 92.5 cm³/mol. The number of hydrogen-bond donors (Lipinski definition) is 1. The SMILES string of the molecule is Cn1c(NCc2ccc(-n3cccn3)cc2)c(C#N)c(=O)n(C)c1=O. The summed E-state index contributed by atoms with van der Waals surface area (Å²) < 4.78 is 3.93. The molecule has 0 atom stereocenters. The third-order valence-electron chi connectivity index (χ3n) is 3.94. The van der Waals surface area contributed by atoms with Crippen molar-refractivity contribution in [2.24, 2.45) is 14.1 Å². The van der Waals surface area contributed by atoms with Crippen LogP contribution in [0.3, 0.4) is 0 Å². The second kappa shape index (κ2) is 6.49. The van der Waals surface area contributed by atoms with Gasteiger partial charge in [-0.2, -0.15) is 10.4 Å². The zero-order valence-electron chi connectivity index (χ0n) is 13.8. The molecule has 0 spiro atoms. The van der Waals surface area contributed by atoms with Crippen molar-refractivity contribution in [2.75, 3.05) is 5.32 Å². The van der Waals surface area contributed by atoms with Crippen molar-refractivity contribution in [1.82, 2.24) is 18.9 Å². The second-order valence-electron chi connectivity index (χ2n) is 5.51. The minimum absolute atomic E-state index is 0.0854. The molecule has 0 aliphatic rings. The first-order chi connectivity index (χ1) is 12.0. The van der Waals surface area contributed by atoms with Crippen LogP contribution in [-0.4, -0.2) is 18.9 Å². The van der Waals surface area contributed by atoms with Crippen molar-refractivity contribution >= 4 is 5.82 Å². The molecule has 0 aliphatic heterocycles. The molecule has 3 rings (SSSR count). The minimum Gasteiger partial charge on any atom is -0.366 e. The fraction of sp³-hybridized carbons (Fsp3) is 0.176. The van der Waals surface area contributed by atoms with Crippen LogP contribution in [0.2, 0.25) is 0 Å². The van der Waals surface area contributed by atoms with Crippen molar-refractivity contribution in [3.63, 3.8) is 0 Å². The highest BCUT2D eigenvalue weighted by atomic mass is 16.2. The van der Waals surface area contributed by atoms with Gasteiger partial charge in [0.2, 0.25) is 0 Å². The molecule has 0 fully saturated rings. The Kier molecular flexibility index (Phi) is 4.22. The molecule has 0 radical (unpaired) electrons. The number of nitrogens with one attached hydrogen (secondary N) is 1. The average Bonchev–Trinajstić information content (AvgIpc) is 3.17. The highest BCUT2D eigenvalue weighted by Crippen LogP contribution is 2.12. The Morgan fingerprint density at radius 2 is 1.88 bits per heavy atom. The molecule has 1 aromatic carbocycles. The molecule has 0 bridgehead atoms. The highest BCUT2D eigenvalue weighted by Gasteiger charge is 2.14. The molecule has 0 saturated heterocycles. The molecule has 8 nitrogen and oxygen atoms in total. The lowest BCUT2D eigenvalue weighted by Crippen LogP contribution is -2.39. The van der Waals surface area contributed by atoms with Gasteiger partial charge in [-0.15, -0.1) is 0 Å². The number of nitrogens with zero attached hydrogens (tertiary/aromatic N) is 5. The van der Waals surface area contributed by atoms with E-state index in [4.69, 9.17) is 0 Å². The first kappa shape index (κ1) is 16.3. The number of nitriles is 1. The second-order valence-corrected chi connectivity index (χ2v) is 5.51. The van der Waals surface area contributed by atoms with Crippen LogP contribution < -0.4 is 16.6 Å². The fourth-order valence-electron chi connectivity index (χ4n) is 2.53. The number of anilines is 1. The van der Waals surface area contributed by atoms with Gasteiger partial charge in [-0.25, -0.2) is 9.48 Å². The lowest BCUT2D eigenvalue weighted by atomic mass is 10.2. The quantitative estimate of drug-likeness (QED) is 0.758. The van der Waals surface area contributed by atoms with Gasteiger partial charge in [0.15, 0.2) is 5.56 Å². The van der Waals surface area contributed by atoms with E-state index in [1.807, 2.05) is 42.6 Å². The number of aromatic nitrogens is 4. The van der Waals surface area contributed by atoms with Gasteiger partial charge < -0.3 is 5.32 Å². The van der Waals surface area contributed by atoms with Crippen LogP contribution in [0.25, 0.3) is 5.69 Å². The van der Waals surface area contributed by atoms with Gasteiger partial charge in [0.1, 0.15) is 11.9 Å². The summed E-state index contributed by atoms with van der Waals surface area (Å²) in [5.74, 6) is 0.215. The van der Waals surface area contributed by atoms with Gasteiger partial charge in [-0.3, -0.25) is 13.9 Å². The molecule has 2 aromatic heterocycles.